The molecule has 2 rings (SSSR count). The van der Waals surface area contributed by atoms with Crippen LogP contribution in [0.2, 0.25) is 0 Å². The van der Waals surface area contributed by atoms with Crippen LogP contribution < -0.4 is 0 Å². The maximum absolute atomic E-state index is 4.59. The van der Waals surface area contributed by atoms with Gasteiger partial charge < -0.3 is 0 Å². The molecule has 0 amide bonds. The molecule has 0 radical (unpaired) electrons. The van der Waals surface area contributed by atoms with Gasteiger partial charge in [0.1, 0.15) is 0 Å². The third-order valence-corrected chi connectivity index (χ3v) is 4.38. The van der Waals surface area contributed by atoms with Crippen molar-refractivity contribution in [1.29, 1.82) is 0 Å². The number of thiazole rings is 1. The Morgan fingerprint density at radius 1 is 1.43 bits per heavy atom. The molecule has 0 saturated carbocycles. The molecular weight excluding hydrogens is 212 g/mol. The quantitative estimate of drug-likeness (QED) is 0.789. The third-order valence-electron chi connectivity index (χ3n) is 2.39. The van der Waals surface area contributed by atoms with Gasteiger partial charge in [0.25, 0.3) is 0 Å². The molecule has 78 valence electrons. The Kier molecular flexibility index (Phi) is 3.84. The Hall–Kier alpha value is -0.0600. The van der Waals surface area contributed by atoms with Crippen molar-refractivity contribution < 1.29 is 0 Å². The first kappa shape index (κ1) is 10.5. The second-order valence-corrected chi connectivity index (χ2v) is 5.64. The van der Waals surface area contributed by atoms with Crippen molar-refractivity contribution in [2.45, 2.75) is 19.9 Å². The Morgan fingerprint density at radius 3 is 2.86 bits per heavy atom. The predicted molar refractivity (Wildman–Crippen MR) is 64.1 cm³/mol. The number of rotatable bonds is 3. The van der Waals surface area contributed by atoms with Crippen LogP contribution in [-0.2, 0) is 13.0 Å². The molecule has 1 aliphatic heterocycles. The fraction of sp³-hybridized carbons (Fsp3) is 0.700. The van der Waals surface area contributed by atoms with Gasteiger partial charge in [0, 0.05) is 36.5 Å². The molecule has 4 heteroatoms. The van der Waals surface area contributed by atoms with Crippen LogP contribution in [0.3, 0.4) is 0 Å². The van der Waals surface area contributed by atoms with Gasteiger partial charge in [-0.2, -0.15) is 11.8 Å². The fourth-order valence-electron chi connectivity index (χ4n) is 1.57. The summed E-state index contributed by atoms with van der Waals surface area (Å²) in [7, 11) is 0. The smallest absolute Gasteiger partial charge is 0.0926 e. The van der Waals surface area contributed by atoms with E-state index in [4.69, 9.17) is 0 Å². The van der Waals surface area contributed by atoms with Crippen LogP contribution in [0, 0.1) is 0 Å². The molecule has 2 nitrogen and oxygen atoms in total. The molecule has 0 atom stereocenters. The summed E-state index contributed by atoms with van der Waals surface area (Å²) in [4.78, 5) is 7.10. The number of thioether (sulfide) groups is 1. The largest absolute Gasteiger partial charge is 0.296 e. The van der Waals surface area contributed by atoms with Crippen LogP contribution in [0.4, 0.5) is 0 Å². The summed E-state index contributed by atoms with van der Waals surface area (Å²) in [6.07, 6.45) is 1.07. The second kappa shape index (κ2) is 5.14. The van der Waals surface area contributed by atoms with E-state index in [1.807, 2.05) is 0 Å². The number of hydrogen-bond acceptors (Lipinski definition) is 4. The standard InChI is InChI=1S/C10H16N2S2/c1-2-10-11-9(8-14-10)7-12-3-5-13-6-4-12/h8H,2-7H2,1H3. The van der Waals surface area contributed by atoms with Crippen LogP contribution in [0.15, 0.2) is 5.38 Å². The van der Waals surface area contributed by atoms with Crippen molar-refractivity contribution >= 4 is 23.1 Å². The number of hydrogen-bond donors (Lipinski definition) is 0. The molecule has 0 aliphatic carbocycles. The highest BCUT2D eigenvalue weighted by Crippen LogP contribution is 2.15. The Morgan fingerprint density at radius 2 is 2.21 bits per heavy atom. The van der Waals surface area contributed by atoms with Crippen molar-refractivity contribution in [2.75, 3.05) is 24.6 Å². The summed E-state index contributed by atoms with van der Waals surface area (Å²) in [5.41, 5.74) is 1.26. The molecule has 1 aromatic heterocycles. The topological polar surface area (TPSA) is 16.1 Å². The van der Waals surface area contributed by atoms with E-state index in [9.17, 15) is 0 Å². The molecule has 1 aromatic rings. The normalized spacial score (nSPS) is 18.6. The molecule has 0 unspecified atom stereocenters. The average Bonchev–Trinajstić information content (AvgIpc) is 2.67. The highest BCUT2D eigenvalue weighted by Gasteiger charge is 2.11. The van der Waals surface area contributed by atoms with Gasteiger partial charge in [-0.05, 0) is 6.42 Å². The lowest BCUT2D eigenvalue weighted by atomic mass is 10.4. The zero-order valence-electron chi connectivity index (χ0n) is 8.53. The fourth-order valence-corrected chi connectivity index (χ4v) is 3.29. The van der Waals surface area contributed by atoms with E-state index in [1.165, 1.54) is 35.3 Å². The highest BCUT2D eigenvalue weighted by atomic mass is 32.2. The first-order chi connectivity index (χ1) is 6.88. The zero-order chi connectivity index (χ0) is 9.80. The van der Waals surface area contributed by atoms with Crippen LogP contribution in [0.25, 0.3) is 0 Å². The predicted octanol–water partition coefficient (Wildman–Crippen LogP) is 2.25. The van der Waals surface area contributed by atoms with Crippen molar-refractivity contribution in [3.05, 3.63) is 16.1 Å². The molecule has 0 bridgehead atoms. The first-order valence-corrected chi connectivity index (χ1v) is 7.15. The van der Waals surface area contributed by atoms with Gasteiger partial charge in [-0.15, -0.1) is 11.3 Å². The van der Waals surface area contributed by atoms with Crippen molar-refractivity contribution in [3.63, 3.8) is 0 Å². The second-order valence-electron chi connectivity index (χ2n) is 3.47. The van der Waals surface area contributed by atoms with E-state index in [0.29, 0.717) is 0 Å². The minimum atomic E-state index is 1.05. The van der Waals surface area contributed by atoms with Gasteiger partial charge in [-0.25, -0.2) is 4.98 Å². The third kappa shape index (κ3) is 2.72. The Bertz CT molecular complexity index is 279. The van der Waals surface area contributed by atoms with Crippen molar-refractivity contribution in [2.24, 2.45) is 0 Å². The maximum atomic E-state index is 4.59. The van der Waals surface area contributed by atoms with E-state index < -0.39 is 0 Å². The summed E-state index contributed by atoms with van der Waals surface area (Å²) < 4.78 is 0. The van der Waals surface area contributed by atoms with Crippen LogP contribution in [0.1, 0.15) is 17.6 Å². The number of aromatic nitrogens is 1. The number of nitrogens with zero attached hydrogens (tertiary/aromatic N) is 2. The zero-order valence-corrected chi connectivity index (χ0v) is 10.2. The maximum Gasteiger partial charge on any atom is 0.0926 e. The van der Waals surface area contributed by atoms with Crippen molar-refractivity contribution in [3.8, 4) is 0 Å². The van der Waals surface area contributed by atoms with E-state index in [-0.39, 0.29) is 0 Å². The molecule has 1 aliphatic rings. The van der Waals surface area contributed by atoms with Crippen LogP contribution >= 0.6 is 23.1 Å². The molecule has 0 spiro atoms. The highest BCUT2D eigenvalue weighted by molar-refractivity contribution is 7.99. The number of aryl methyl sites for hydroxylation is 1. The Balaban J connectivity index is 1.89. The summed E-state index contributed by atoms with van der Waals surface area (Å²) in [5, 5.41) is 3.48. The SMILES string of the molecule is CCc1nc(CN2CCSCC2)cs1. The van der Waals surface area contributed by atoms with Gasteiger partial charge in [0.15, 0.2) is 0 Å². The molecule has 14 heavy (non-hydrogen) atoms. The van der Waals surface area contributed by atoms with Gasteiger partial charge >= 0.3 is 0 Å². The molecule has 1 saturated heterocycles. The lowest BCUT2D eigenvalue weighted by Gasteiger charge is -2.25. The minimum absolute atomic E-state index is 1.05. The molecular formula is C10H16N2S2. The summed E-state index contributed by atoms with van der Waals surface area (Å²) in [5.74, 6) is 2.57. The molecule has 1 fully saturated rings. The summed E-state index contributed by atoms with van der Waals surface area (Å²) >= 11 is 3.85. The van der Waals surface area contributed by atoms with Gasteiger partial charge in [0.2, 0.25) is 0 Å². The summed E-state index contributed by atoms with van der Waals surface area (Å²) in [6.45, 7) is 5.67. The minimum Gasteiger partial charge on any atom is -0.296 e. The lowest BCUT2D eigenvalue weighted by Crippen LogP contribution is -2.32. The van der Waals surface area contributed by atoms with E-state index >= 15 is 0 Å². The Labute approximate surface area is 93.7 Å². The first-order valence-electron chi connectivity index (χ1n) is 5.12. The van der Waals surface area contributed by atoms with Gasteiger partial charge in [-0.1, -0.05) is 6.92 Å². The van der Waals surface area contributed by atoms with Crippen LogP contribution in [-0.4, -0.2) is 34.5 Å². The van der Waals surface area contributed by atoms with Crippen LogP contribution in [0.5, 0.6) is 0 Å². The molecule has 0 aromatic carbocycles. The summed E-state index contributed by atoms with van der Waals surface area (Å²) in [6, 6.07) is 0. The monoisotopic (exact) mass is 228 g/mol. The molecule has 0 N–H and O–H groups in total. The lowest BCUT2D eigenvalue weighted by molar-refractivity contribution is 0.291. The van der Waals surface area contributed by atoms with E-state index in [1.54, 1.807) is 11.3 Å². The van der Waals surface area contributed by atoms with Gasteiger partial charge in [-0.3, -0.25) is 4.90 Å². The van der Waals surface area contributed by atoms with Gasteiger partial charge in [0.05, 0.1) is 10.7 Å². The van der Waals surface area contributed by atoms with E-state index in [2.05, 4.69) is 33.9 Å². The van der Waals surface area contributed by atoms with Crippen molar-refractivity contribution in [1.82, 2.24) is 9.88 Å². The average molecular weight is 228 g/mol. The van der Waals surface area contributed by atoms with E-state index in [0.717, 1.165) is 13.0 Å². The molecule has 2 heterocycles.